The van der Waals surface area contributed by atoms with Gasteiger partial charge >= 0.3 is 5.69 Å². The second-order valence-electron chi connectivity index (χ2n) is 5.05. The molecule has 1 saturated heterocycles. The number of hydrogen-bond donors (Lipinski definition) is 1. The molecular weight excluding hydrogens is 278 g/mol. The van der Waals surface area contributed by atoms with Gasteiger partial charge in [0.25, 0.3) is 0 Å². The van der Waals surface area contributed by atoms with Crippen molar-refractivity contribution >= 4 is 23.0 Å². The van der Waals surface area contributed by atoms with Gasteiger partial charge in [0.05, 0.1) is 4.92 Å². The van der Waals surface area contributed by atoms with E-state index in [-0.39, 0.29) is 10.7 Å². The number of halogens is 1. The van der Waals surface area contributed by atoms with Crippen LogP contribution in [0.2, 0.25) is 5.02 Å². The van der Waals surface area contributed by atoms with E-state index in [9.17, 15) is 10.1 Å². The number of nitrogens with zero attached hydrogens (tertiary/aromatic N) is 2. The molecule has 0 aliphatic carbocycles. The second kappa shape index (κ2) is 6.90. The second-order valence-corrected chi connectivity index (χ2v) is 5.46. The molecule has 1 aromatic carbocycles. The smallest absolute Gasteiger partial charge is 0.310 e. The molecular formula is C14H20ClN3O2. The van der Waals surface area contributed by atoms with Crippen molar-refractivity contribution in [3.05, 3.63) is 33.3 Å². The molecule has 110 valence electrons. The molecule has 0 saturated carbocycles. The van der Waals surface area contributed by atoms with Gasteiger partial charge in [-0.1, -0.05) is 24.1 Å². The Morgan fingerprint density at radius 2 is 2.30 bits per heavy atom. The molecule has 1 N–H and O–H groups in total. The van der Waals surface area contributed by atoms with Crippen LogP contribution in [0.25, 0.3) is 0 Å². The summed E-state index contributed by atoms with van der Waals surface area (Å²) < 4.78 is 0. The number of nitro benzene ring substituents is 1. The summed E-state index contributed by atoms with van der Waals surface area (Å²) in [5, 5.41) is 14.9. The number of anilines is 1. The number of rotatable bonds is 5. The van der Waals surface area contributed by atoms with E-state index < -0.39 is 4.92 Å². The topological polar surface area (TPSA) is 58.4 Å². The Balaban J connectivity index is 2.22. The van der Waals surface area contributed by atoms with Crippen LogP contribution in [0.1, 0.15) is 26.2 Å². The van der Waals surface area contributed by atoms with Crippen LogP contribution < -0.4 is 10.2 Å². The van der Waals surface area contributed by atoms with E-state index in [4.69, 9.17) is 11.6 Å². The van der Waals surface area contributed by atoms with Crippen molar-refractivity contribution in [3.8, 4) is 0 Å². The summed E-state index contributed by atoms with van der Waals surface area (Å²) in [6, 6.07) is 5.50. The summed E-state index contributed by atoms with van der Waals surface area (Å²) in [5.74, 6) is 0. The highest BCUT2D eigenvalue weighted by Crippen LogP contribution is 2.35. The molecule has 0 amide bonds. The number of hydrogen-bond acceptors (Lipinski definition) is 4. The lowest BCUT2D eigenvalue weighted by molar-refractivity contribution is -0.384. The fourth-order valence-corrected chi connectivity index (χ4v) is 2.92. The molecule has 1 aromatic rings. The summed E-state index contributed by atoms with van der Waals surface area (Å²) in [7, 11) is 0. The van der Waals surface area contributed by atoms with Gasteiger partial charge in [-0.2, -0.15) is 0 Å². The summed E-state index contributed by atoms with van der Waals surface area (Å²) >= 11 is 5.98. The molecule has 0 radical (unpaired) electrons. The maximum Gasteiger partial charge on any atom is 0.310 e. The third kappa shape index (κ3) is 3.41. The van der Waals surface area contributed by atoms with E-state index in [1.165, 1.54) is 12.8 Å². The van der Waals surface area contributed by atoms with E-state index >= 15 is 0 Å². The third-order valence-electron chi connectivity index (χ3n) is 3.72. The Labute approximate surface area is 124 Å². The Morgan fingerprint density at radius 3 is 2.90 bits per heavy atom. The van der Waals surface area contributed by atoms with Crippen molar-refractivity contribution in [1.29, 1.82) is 0 Å². The van der Waals surface area contributed by atoms with Crippen LogP contribution in [-0.4, -0.2) is 30.6 Å². The van der Waals surface area contributed by atoms with Crippen LogP contribution in [0.5, 0.6) is 0 Å². The molecule has 1 aliphatic heterocycles. The fourth-order valence-electron chi connectivity index (χ4n) is 2.68. The minimum atomic E-state index is -0.394. The van der Waals surface area contributed by atoms with Gasteiger partial charge < -0.3 is 10.2 Å². The number of para-hydroxylation sites is 1. The van der Waals surface area contributed by atoms with Crippen LogP contribution in [0.15, 0.2) is 18.2 Å². The van der Waals surface area contributed by atoms with Crippen molar-refractivity contribution in [1.82, 2.24) is 5.32 Å². The molecule has 20 heavy (non-hydrogen) atoms. The summed E-state index contributed by atoms with van der Waals surface area (Å²) in [6.07, 6.45) is 3.54. The number of nitrogens with one attached hydrogen (secondary N) is 1. The SMILES string of the molecule is CCN(CC1CCCCN1)c1cccc(Cl)c1[N+](=O)[O-]. The first-order chi connectivity index (χ1) is 9.63. The van der Waals surface area contributed by atoms with E-state index in [0.717, 1.165) is 26.1 Å². The lowest BCUT2D eigenvalue weighted by atomic mass is 10.0. The number of piperidine rings is 1. The first-order valence-electron chi connectivity index (χ1n) is 7.04. The molecule has 5 nitrogen and oxygen atoms in total. The quantitative estimate of drug-likeness (QED) is 0.670. The lowest BCUT2D eigenvalue weighted by Crippen LogP contribution is -2.43. The average Bonchev–Trinajstić information content (AvgIpc) is 2.45. The number of nitro groups is 1. The standard InChI is InChI=1S/C14H20ClN3O2/c1-2-17(10-11-6-3-4-9-16-11)13-8-5-7-12(15)14(13)18(19)20/h5,7-8,11,16H,2-4,6,9-10H2,1H3. The van der Waals surface area contributed by atoms with Crippen LogP contribution in [0.4, 0.5) is 11.4 Å². The molecule has 0 bridgehead atoms. The van der Waals surface area contributed by atoms with Crippen molar-refractivity contribution in [2.24, 2.45) is 0 Å². The molecule has 1 fully saturated rings. The largest absolute Gasteiger partial charge is 0.365 e. The zero-order chi connectivity index (χ0) is 14.5. The van der Waals surface area contributed by atoms with E-state index in [1.807, 2.05) is 11.8 Å². The van der Waals surface area contributed by atoms with Crippen molar-refractivity contribution < 1.29 is 4.92 Å². The molecule has 2 rings (SSSR count). The normalized spacial score (nSPS) is 18.8. The molecule has 1 heterocycles. The zero-order valence-corrected chi connectivity index (χ0v) is 12.4. The maximum absolute atomic E-state index is 11.2. The minimum Gasteiger partial charge on any atom is -0.365 e. The fraction of sp³-hybridized carbons (Fsp3) is 0.571. The van der Waals surface area contributed by atoms with Gasteiger partial charge in [-0.05, 0) is 38.4 Å². The highest BCUT2D eigenvalue weighted by Gasteiger charge is 2.24. The lowest BCUT2D eigenvalue weighted by Gasteiger charge is -2.31. The summed E-state index contributed by atoms with van der Waals surface area (Å²) in [6.45, 7) is 4.53. The maximum atomic E-state index is 11.2. The number of likely N-dealkylation sites (N-methyl/N-ethyl adjacent to an activating group) is 1. The highest BCUT2D eigenvalue weighted by atomic mass is 35.5. The van der Waals surface area contributed by atoms with Gasteiger partial charge in [-0.25, -0.2) is 0 Å². The van der Waals surface area contributed by atoms with Crippen molar-refractivity contribution in [2.75, 3.05) is 24.5 Å². The van der Waals surface area contributed by atoms with Gasteiger partial charge in [0.15, 0.2) is 0 Å². The Hall–Kier alpha value is -1.33. The third-order valence-corrected chi connectivity index (χ3v) is 4.03. The molecule has 6 heteroatoms. The van der Waals surface area contributed by atoms with Crippen LogP contribution >= 0.6 is 11.6 Å². The first-order valence-corrected chi connectivity index (χ1v) is 7.42. The molecule has 1 atom stereocenters. The van der Waals surface area contributed by atoms with Gasteiger partial charge in [-0.3, -0.25) is 10.1 Å². The molecule has 0 spiro atoms. The Kier molecular flexibility index (Phi) is 5.20. The van der Waals surface area contributed by atoms with Crippen molar-refractivity contribution in [2.45, 2.75) is 32.2 Å². The average molecular weight is 298 g/mol. The van der Waals surface area contributed by atoms with Gasteiger partial charge in [-0.15, -0.1) is 0 Å². The minimum absolute atomic E-state index is 0.00632. The van der Waals surface area contributed by atoms with Gasteiger partial charge in [0.1, 0.15) is 10.7 Å². The zero-order valence-electron chi connectivity index (χ0n) is 11.6. The van der Waals surface area contributed by atoms with Crippen LogP contribution in [-0.2, 0) is 0 Å². The summed E-state index contributed by atoms with van der Waals surface area (Å²) in [4.78, 5) is 12.9. The van der Waals surface area contributed by atoms with E-state index in [2.05, 4.69) is 5.32 Å². The van der Waals surface area contributed by atoms with Crippen molar-refractivity contribution in [3.63, 3.8) is 0 Å². The highest BCUT2D eigenvalue weighted by molar-refractivity contribution is 6.33. The van der Waals surface area contributed by atoms with Crippen LogP contribution in [0.3, 0.4) is 0 Å². The predicted molar refractivity (Wildman–Crippen MR) is 81.6 cm³/mol. The van der Waals surface area contributed by atoms with E-state index in [0.29, 0.717) is 11.7 Å². The predicted octanol–water partition coefficient (Wildman–Crippen LogP) is 3.22. The Bertz CT molecular complexity index is 475. The van der Waals surface area contributed by atoms with Crippen LogP contribution in [0, 0.1) is 10.1 Å². The van der Waals surface area contributed by atoms with E-state index in [1.54, 1.807) is 18.2 Å². The Morgan fingerprint density at radius 1 is 1.50 bits per heavy atom. The summed E-state index contributed by atoms with van der Waals surface area (Å²) in [5.41, 5.74) is 0.615. The first kappa shape index (κ1) is 15.1. The van der Waals surface area contributed by atoms with Gasteiger partial charge in [0, 0.05) is 19.1 Å². The molecule has 0 aromatic heterocycles. The number of benzene rings is 1. The molecule has 1 aliphatic rings. The van der Waals surface area contributed by atoms with Gasteiger partial charge in [0.2, 0.25) is 0 Å². The monoisotopic (exact) mass is 297 g/mol. The molecule has 1 unspecified atom stereocenters.